The van der Waals surface area contributed by atoms with Crippen LogP contribution in [0.3, 0.4) is 0 Å². The quantitative estimate of drug-likeness (QED) is 0.441. The molecule has 0 spiro atoms. The zero-order valence-corrected chi connectivity index (χ0v) is 14.8. The first-order chi connectivity index (χ1) is 9.68. The largest absolute Gasteiger partial charge is 0.343 e. The standard InChI is InChI=1S/C17H37N3/c1-7-13-14-16(8-2)15-18-17(19(9-3)10-4)20(11-5)12-6/h16H,7-15H2,1-6H3. The smallest absolute Gasteiger partial charge is 0.196 e. The second kappa shape index (κ2) is 12.0. The van der Waals surface area contributed by atoms with Crippen LogP contribution < -0.4 is 0 Å². The molecule has 0 aromatic carbocycles. The summed E-state index contributed by atoms with van der Waals surface area (Å²) in [6, 6.07) is 0. The highest BCUT2D eigenvalue weighted by atomic mass is 15.4. The summed E-state index contributed by atoms with van der Waals surface area (Å²) in [6.45, 7) is 18.6. The molecule has 0 aromatic heterocycles. The van der Waals surface area contributed by atoms with Gasteiger partial charge in [0.25, 0.3) is 0 Å². The summed E-state index contributed by atoms with van der Waals surface area (Å²) in [4.78, 5) is 9.78. The molecule has 0 aliphatic rings. The Kier molecular flexibility index (Phi) is 11.6. The Morgan fingerprint density at radius 3 is 1.70 bits per heavy atom. The first-order valence-corrected chi connectivity index (χ1v) is 8.72. The van der Waals surface area contributed by atoms with Gasteiger partial charge in [-0.2, -0.15) is 0 Å². The van der Waals surface area contributed by atoms with Gasteiger partial charge in [0.2, 0.25) is 0 Å². The Morgan fingerprint density at radius 2 is 1.35 bits per heavy atom. The van der Waals surface area contributed by atoms with Gasteiger partial charge in [0, 0.05) is 32.7 Å². The maximum atomic E-state index is 5.00. The minimum atomic E-state index is 0.746. The van der Waals surface area contributed by atoms with Gasteiger partial charge in [-0.1, -0.05) is 33.1 Å². The van der Waals surface area contributed by atoms with Gasteiger partial charge in [0.05, 0.1) is 0 Å². The third kappa shape index (κ3) is 6.62. The molecule has 0 amide bonds. The summed E-state index contributed by atoms with van der Waals surface area (Å²) >= 11 is 0. The molecular weight excluding hydrogens is 246 g/mol. The molecule has 3 heteroatoms. The predicted octanol–water partition coefficient (Wildman–Crippen LogP) is 4.24. The van der Waals surface area contributed by atoms with Crippen molar-refractivity contribution in [1.29, 1.82) is 0 Å². The van der Waals surface area contributed by atoms with E-state index in [1.165, 1.54) is 31.6 Å². The lowest BCUT2D eigenvalue weighted by molar-refractivity contribution is 0.344. The Morgan fingerprint density at radius 1 is 0.850 bits per heavy atom. The van der Waals surface area contributed by atoms with E-state index in [1.807, 2.05) is 0 Å². The van der Waals surface area contributed by atoms with Crippen molar-refractivity contribution in [3.05, 3.63) is 0 Å². The molecule has 0 bridgehead atoms. The fourth-order valence-corrected chi connectivity index (χ4v) is 2.54. The summed E-state index contributed by atoms with van der Waals surface area (Å²) in [6.07, 6.45) is 5.19. The van der Waals surface area contributed by atoms with Crippen LogP contribution in [0.25, 0.3) is 0 Å². The third-order valence-corrected chi connectivity index (χ3v) is 4.13. The summed E-state index contributed by atoms with van der Waals surface area (Å²) in [5.41, 5.74) is 0. The van der Waals surface area contributed by atoms with Crippen LogP contribution in [0.15, 0.2) is 4.99 Å². The predicted molar refractivity (Wildman–Crippen MR) is 91.5 cm³/mol. The van der Waals surface area contributed by atoms with Gasteiger partial charge in [-0.3, -0.25) is 4.99 Å². The third-order valence-electron chi connectivity index (χ3n) is 4.13. The van der Waals surface area contributed by atoms with Crippen LogP contribution in [-0.4, -0.2) is 48.5 Å². The van der Waals surface area contributed by atoms with Crippen LogP contribution in [0.5, 0.6) is 0 Å². The molecule has 0 aliphatic heterocycles. The monoisotopic (exact) mass is 283 g/mol. The van der Waals surface area contributed by atoms with Crippen LogP contribution in [0.1, 0.15) is 67.2 Å². The Bertz CT molecular complexity index is 229. The van der Waals surface area contributed by atoms with E-state index in [9.17, 15) is 0 Å². The van der Waals surface area contributed by atoms with Crippen LogP contribution in [0.4, 0.5) is 0 Å². The summed E-state index contributed by atoms with van der Waals surface area (Å²) < 4.78 is 0. The van der Waals surface area contributed by atoms with E-state index in [0.717, 1.165) is 38.6 Å². The van der Waals surface area contributed by atoms with E-state index in [0.29, 0.717) is 0 Å². The SMILES string of the molecule is CCCCC(CC)CN=C(N(CC)CC)N(CC)CC. The highest BCUT2D eigenvalue weighted by Gasteiger charge is 2.14. The van der Waals surface area contributed by atoms with Crippen LogP contribution in [-0.2, 0) is 0 Å². The first-order valence-electron chi connectivity index (χ1n) is 8.72. The van der Waals surface area contributed by atoms with Crippen molar-refractivity contribution in [2.45, 2.75) is 67.2 Å². The normalized spacial score (nSPS) is 12.1. The van der Waals surface area contributed by atoms with Crippen molar-refractivity contribution in [3.63, 3.8) is 0 Å². The van der Waals surface area contributed by atoms with E-state index in [1.54, 1.807) is 0 Å². The maximum absolute atomic E-state index is 5.00. The summed E-state index contributed by atoms with van der Waals surface area (Å²) in [7, 11) is 0. The van der Waals surface area contributed by atoms with Gasteiger partial charge in [0.15, 0.2) is 5.96 Å². The Hall–Kier alpha value is -0.730. The lowest BCUT2D eigenvalue weighted by atomic mass is 10.00. The lowest BCUT2D eigenvalue weighted by Gasteiger charge is -2.32. The lowest BCUT2D eigenvalue weighted by Crippen LogP contribution is -2.44. The van der Waals surface area contributed by atoms with Crippen LogP contribution in [0.2, 0.25) is 0 Å². The molecular formula is C17H37N3. The highest BCUT2D eigenvalue weighted by Crippen LogP contribution is 2.13. The van der Waals surface area contributed by atoms with Crippen molar-refractivity contribution in [2.75, 3.05) is 32.7 Å². The zero-order valence-electron chi connectivity index (χ0n) is 14.8. The van der Waals surface area contributed by atoms with Gasteiger partial charge in [-0.25, -0.2) is 0 Å². The van der Waals surface area contributed by atoms with Gasteiger partial charge < -0.3 is 9.80 Å². The molecule has 0 aromatic rings. The molecule has 20 heavy (non-hydrogen) atoms. The number of hydrogen-bond acceptors (Lipinski definition) is 1. The van der Waals surface area contributed by atoms with Gasteiger partial charge in [0.1, 0.15) is 0 Å². The number of rotatable bonds is 10. The summed E-state index contributed by atoms with van der Waals surface area (Å²) in [5, 5.41) is 0. The molecule has 0 N–H and O–H groups in total. The highest BCUT2D eigenvalue weighted by molar-refractivity contribution is 5.80. The van der Waals surface area contributed by atoms with E-state index in [2.05, 4.69) is 51.3 Å². The van der Waals surface area contributed by atoms with E-state index in [-0.39, 0.29) is 0 Å². The number of hydrogen-bond donors (Lipinski definition) is 0. The maximum Gasteiger partial charge on any atom is 0.196 e. The Labute approximate surface area is 127 Å². The minimum absolute atomic E-state index is 0.746. The molecule has 0 rings (SSSR count). The van der Waals surface area contributed by atoms with Crippen molar-refractivity contribution >= 4 is 5.96 Å². The average molecular weight is 284 g/mol. The molecule has 1 unspecified atom stereocenters. The second-order valence-electron chi connectivity index (χ2n) is 5.40. The van der Waals surface area contributed by atoms with E-state index >= 15 is 0 Å². The molecule has 3 nitrogen and oxygen atoms in total. The number of unbranched alkanes of at least 4 members (excludes halogenated alkanes) is 1. The van der Waals surface area contributed by atoms with Crippen molar-refractivity contribution in [2.24, 2.45) is 10.9 Å². The molecule has 0 saturated carbocycles. The number of nitrogens with zero attached hydrogens (tertiary/aromatic N) is 3. The van der Waals surface area contributed by atoms with Gasteiger partial charge in [-0.15, -0.1) is 0 Å². The average Bonchev–Trinajstić information content (AvgIpc) is 2.49. The fourth-order valence-electron chi connectivity index (χ4n) is 2.54. The number of aliphatic imine (C=N–C) groups is 1. The molecule has 0 saturated heterocycles. The van der Waals surface area contributed by atoms with Crippen molar-refractivity contribution < 1.29 is 0 Å². The molecule has 1 atom stereocenters. The molecule has 0 fully saturated rings. The molecule has 0 aliphatic carbocycles. The Balaban J connectivity index is 4.85. The van der Waals surface area contributed by atoms with Crippen LogP contribution >= 0.6 is 0 Å². The molecule has 0 radical (unpaired) electrons. The number of guanidine groups is 1. The minimum Gasteiger partial charge on any atom is -0.343 e. The second-order valence-corrected chi connectivity index (χ2v) is 5.40. The first kappa shape index (κ1) is 19.3. The van der Waals surface area contributed by atoms with Gasteiger partial charge in [-0.05, 0) is 40.0 Å². The van der Waals surface area contributed by atoms with Gasteiger partial charge >= 0.3 is 0 Å². The van der Waals surface area contributed by atoms with Crippen molar-refractivity contribution in [1.82, 2.24) is 9.80 Å². The molecule has 120 valence electrons. The fraction of sp³-hybridized carbons (Fsp3) is 0.941. The van der Waals surface area contributed by atoms with Crippen molar-refractivity contribution in [3.8, 4) is 0 Å². The summed E-state index contributed by atoms with van der Waals surface area (Å²) in [5.74, 6) is 1.95. The topological polar surface area (TPSA) is 18.8 Å². The molecule has 0 heterocycles. The van der Waals surface area contributed by atoms with Crippen LogP contribution in [0, 0.1) is 5.92 Å². The zero-order chi connectivity index (χ0) is 15.4. The van der Waals surface area contributed by atoms with E-state index in [4.69, 9.17) is 4.99 Å². The van der Waals surface area contributed by atoms with E-state index < -0.39 is 0 Å².